The number of hydrogen-bond acceptors (Lipinski definition) is 6. The van der Waals surface area contributed by atoms with Crippen molar-refractivity contribution in [2.24, 2.45) is 0 Å². The molecule has 0 fully saturated rings. The molecule has 36 heavy (non-hydrogen) atoms. The Morgan fingerprint density at radius 1 is 0.889 bits per heavy atom. The summed E-state index contributed by atoms with van der Waals surface area (Å²) in [6.07, 6.45) is 0.811. The zero-order valence-electron chi connectivity index (χ0n) is 21.1. The van der Waals surface area contributed by atoms with E-state index >= 15 is 0 Å². The summed E-state index contributed by atoms with van der Waals surface area (Å²) < 4.78 is 28.5. The van der Waals surface area contributed by atoms with Crippen LogP contribution in [0.15, 0.2) is 60.7 Å². The van der Waals surface area contributed by atoms with Crippen LogP contribution in [0.3, 0.4) is 0 Å². The maximum atomic E-state index is 6.29. The second-order valence-corrected chi connectivity index (χ2v) is 8.60. The lowest BCUT2D eigenvalue weighted by Gasteiger charge is -2.39. The first-order valence-corrected chi connectivity index (χ1v) is 12.3. The Morgan fingerprint density at radius 2 is 1.56 bits per heavy atom. The Bertz CT molecular complexity index is 1190. The van der Waals surface area contributed by atoms with Crippen molar-refractivity contribution >= 4 is 23.0 Å². The number of rotatable bonds is 9. The minimum absolute atomic E-state index is 0.152. The fourth-order valence-electron chi connectivity index (χ4n) is 4.35. The van der Waals surface area contributed by atoms with E-state index < -0.39 is 0 Å². The quantitative estimate of drug-likeness (QED) is 0.381. The first-order chi connectivity index (χ1) is 17.6. The summed E-state index contributed by atoms with van der Waals surface area (Å²) in [5.41, 5.74) is 3.16. The van der Waals surface area contributed by atoms with Crippen LogP contribution in [0.25, 0.3) is 0 Å². The zero-order valence-corrected chi connectivity index (χ0v) is 21.9. The summed E-state index contributed by atoms with van der Waals surface area (Å²) in [5.74, 6) is 3.57. The number of ether oxygens (including phenoxy) is 5. The number of methoxy groups -OCH3 is 3. The summed E-state index contributed by atoms with van der Waals surface area (Å²) in [5, 5.41) is 4.00. The van der Waals surface area contributed by atoms with E-state index in [0.29, 0.717) is 41.3 Å². The third-order valence-corrected chi connectivity index (χ3v) is 6.48. The molecule has 0 saturated carbocycles. The van der Waals surface area contributed by atoms with Crippen LogP contribution < -0.4 is 29.0 Å². The molecule has 8 heteroatoms. The van der Waals surface area contributed by atoms with E-state index in [1.54, 1.807) is 21.3 Å². The van der Waals surface area contributed by atoms with Crippen molar-refractivity contribution < 1.29 is 23.7 Å². The number of hydrogen-bond donors (Lipinski definition) is 1. The van der Waals surface area contributed by atoms with Gasteiger partial charge in [0.05, 0.1) is 34.0 Å². The third kappa shape index (κ3) is 5.60. The van der Waals surface area contributed by atoms with Crippen molar-refractivity contribution in [2.75, 3.05) is 46.4 Å². The highest BCUT2D eigenvalue weighted by molar-refractivity contribution is 7.80. The molecule has 0 bridgehead atoms. The number of nitrogens with one attached hydrogen (secondary N) is 1. The lowest BCUT2D eigenvalue weighted by molar-refractivity contribution is 0.185. The predicted molar refractivity (Wildman–Crippen MR) is 145 cm³/mol. The molecule has 0 aliphatic carbocycles. The fourth-order valence-corrected chi connectivity index (χ4v) is 4.69. The van der Waals surface area contributed by atoms with Crippen molar-refractivity contribution in [3.63, 3.8) is 0 Å². The van der Waals surface area contributed by atoms with E-state index in [0.717, 1.165) is 30.0 Å². The van der Waals surface area contributed by atoms with Crippen LogP contribution >= 0.6 is 12.2 Å². The molecule has 0 spiro atoms. The van der Waals surface area contributed by atoms with E-state index in [-0.39, 0.29) is 6.04 Å². The van der Waals surface area contributed by atoms with Gasteiger partial charge in [-0.1, -0.05) is 12.1 Å². The van der Waals surface area contributed by atoms with Crippen LogP contribution in [0.1, 0.15) is 24.1 Å². The SMILES string of the molecule is CCOc1ccc(NC(=S)N2CCc3cc(OC)c(OC)cc3C2COc2ccccc2OC)cc1. The van der Waals surface area contributed by atoms with E-state index in [1.165, 1.54) is 5.56 Å². The minimum Gasteiger partial charge on any atom is -0.494 e. The molecule has 190 valence electrons. The van der Waals surface area contributed by atoms with Crippen LogP contribution in [0.4, 0.5) is 5.69 Å². The number of benzene rings is 3. The molecule has 0 amide bonds. The molecule has 1 N–H and O–H groups in total. The Labute approximate surface area is 217 Å². The largest absolute Gasteiger partial charge is 0.494 e. The molecule has 1 aliphatic rings. The Morgan fingerprint density at radius 3 is 2.22 bits per heavy atom. The molecule has 0 saturated heterocycles. The molecule has 1 aliphatic heterocycles. The molecular formula is C28H32N2O5S. The Hall–Kier alpha value is -3.65. The Kier molecular flexibility index (Phi) is 8.38. The topological polar surface area (TPSA) is 61.4 Å². The molecule has 1 atom stereocenters. The monoisotopic (exact) mass is 508 g/mol. The number of fused-ring (bicyclic) bond motifs is 1. The lowest BCUT2D eigenvalue weighted by Crippen LogP contribution is -2.44. The lowest BCUT2D eigenvalue weighted by atomic mass is 9.92. The maximum absolute atomic E-state index is 6.29. The van der Waals surface area contributed by atoms with Gasteiger partial charge in [-0.15, -0.1) is 0 Å². The van der Waals surface area contributed by atoms with Crippen molar-refractivity contribution in [3.05, 3.63) is 71.8 Å². The molecule has 1 heterocycles. The van der Waals surface area contributed by atoms with Gasteiger partial charge in [0.15, 0.2) is 28.1 Å². The summed E-state index contributed by atoms with van der Waals surface area (Å²) in [6, 6.07) is 19.3. The van der Waals surface area contributed by atoms with Crippen molar-refractivity contribution in [2.45, 2.75) is 19.4 Å². The van der Waals surface area contributed by atoms with Gasteiger partial charge in [-0.05, 0) is 85.2 Å². The van der Waals surface area contributed by atoms with Gasteiger partial charge >= 0.3 is 0 Å². The Balaban J connectivity index is 1.62. The van der Waals surface area contributed by atoms with Gasteiger partial charge in [-0.2, -0.15) is 0 Å². The smallest absolute Gasteiger partial charge is 0.174 e. The summed E-state index contributed by atoms with van der Waals surface area (Å²) in [6.45, 7) is 3.69. The molecular weight excluding hydrogens is 476 g/mol. The number of thiocarbonyl (C=S) groups is 1. The van der Waals surface area contributed by atoms with Gasteiger partial charge in [0.2, 0.25) is 0 Å². The average molecular weight is 509 g/mol. The number of anilines is 1. The molecule has 4 rings (SSSR count). The van der Waals surface area contributed by atoms with Gasteiger partial charge in [0.25, 0.3) is 0 Å². The highest BCUT2D eigenvalue weighted by atomic mass is 32.1. The highest BCUT2D eigenvalue weighted by Gasteiger charge is 2.31. The van der Waals surface area contributed by atoms with Gasteiger partial charge in [-0.3, -0.25) is 0 Å². The first-order valence-electron chi connectivity index (χ1n) is 11.9. The van der Waals surface area contributed by atoms with E-state index in [1.807, 2.05) is 67.6 Å². The van der Waals surface area contributed by atoms with Crippen LogP contribution in [0.5, 0.6) is 28.7 Å². The van der Waals surface area contributed by atoms with Crippen molar-refractivity contribution in [3.8, 4) is 28.7 Å². The number of para-hydroxylation sites is 2. The summed E-state index contributed by atoms with van der Waals surface area (Å²) >= 11 is 5.88. The van der Waals surface area contributed by atoms with Gasteiger partial charge in [0.1, 0.15) is 12.4 Å². The third-order valence-electron chi connectivity index (χ3n) is 6.15. The molecule has 0 aromatic heterocycles. The van der Waals surface area contributed by atoms with Crippen molar-refractivity contribution in [1.82, 2.24) is 4.90 Å². The van der Waals surface area contributed by atoms with Crippen LogP contribution in [-0.4, -0.2) is 51.1 Å². The first kappa shape index (κ1) is 25.4. The second kappa shape index (κ2) is 11.9. The van der Waals surface area contributed by atoms with E-state index in [9.17, 15) is 0 Å². The van der Waals surface area contributed by atoms with Crippen LogP contribution in [0, 0.1) is 0 Å². The molecule has 1 unspecified atom stereocenters. The molecule has 3 aromatic rings. The fraction of sp³-hybridized carbons (Fsp3) is 0.321. The van der Waals surface area contributed by atoms with Gasteiger partial charge in [0, 0.05) is 12.2 Å². The van der Waals surface area contributed by atoms with Gasteiger partial charge < -0.3 is 33.9 Å². The minimum atomic E-state index is -0.152. The average Bonchev–Trinajstić information content (AvgIpc) is 2.92. The molecule has 0 radical (unpaired) electrons. The predicted octanol–water partition coefficient (Wildman–Crippen LogP) is 5.49. The highest BCUT2D eigenvalue weighted by Crippen LogP contribution is 2.39. The van der Waals surface area contributed by atoms with Crippen LogP contribution in [-0.2, 0) is 6.42 Å². The zero-order chi connectivity index (χ0) is 25.5. The molecule has 3 aromatic carbocycles. The standard InChI is InChI=1S/C28H32N2O5S/c1-5-34-21-12-10-20(11-13-21)29-28(36)30-15-14-19-16-26(32-3)27(33-4)17-22(19)23(30)18-35-25-9-7-6-8-24(25)31-2/h6-13,16-17,23H,5,14-15,18H2,1-4H3,(H,29,36). The summed E-state index contributed by atoms with van der Waals surface area (Å²) in [4.78, 5) is 2.16. The normalized spacial score (nSPS) is 14.4. The van der Waals surface area contributed by atoms with Crippen LogP contribution in [0.2, 0.25) is 0 Å². The van der Waals surface area contributed by atoms with Crippen molar-refractivity contribution in [1.29, 1.82) is 0 Å². The summed E-state index contributed by atoms with van der Waals surface area (Å²) in [7, 11) is 4.93. The van der Waals surface area contributed by atoms with Gasteiger partial charge in [-0.25, -0.2) is 0 Å². The second-order valence-electron chi connectivity index (χ2n) is 8.21. The van der Waals surface area contributed by atoms with E-state index in [4.69, 9.17) is 35.9 Å². The van der Waals surface area contributed by atoms with E-state index in [2.05, 4.69) is 10.2 Å². The molecule has 7 nitrogen and oxygen atoms in total. The maximum Gasteiger partial charge on any atom is 0.174 e. The number of nitrogens with zero attached hydrogens (tertiary/aromatic N) is 1.